The van der Waals surface area contributed by atoms with Gasteiger partial charge in [-0.25, -0.2) is 0 Å². The van der Waals surface area contributed by atoms with Gasteiger partial charge in [0.1, 0.15) is 12.4 Å². The molecule has 0 unspecified atom stereocenters. The maximum Gasteiger partial charge on any atom is 0.306 e. The molecule has 0 radical (unpaired) electrons. The van der Waals surface area contributed by atoms with Gasteiger partial charge in [-0.2, -0.15) is 0 Å². The Bertz CT molecular complexity index is 573. The molecular weight excluding hydrogens is 292 g/mol. The molecule has 0 aliphatic carbocycles. The minimum Gasteiger partial charge on any atom is -0.494 e. The highest BCUT2D eigenvalue weighted by molar-refractivity contribution is 5.99. The van der Waals surface area contributed by atoms with E-state index in [0.29, 0.717) is 12.2 Å². The number of Topliss-reactive ketones (excluding diaryl/α,β-unsaturated/α-hetero) is 1. The van der Waals surface area contributed by atoms with Crippen LogP contribution in [0.2, 0.25) is 0 Å². The Labute approximate surface area is 138 Å². The van der Waals surface area contributed by atoms with E-state index < -0.39 is 0 Å². The molecule has 4 nitrogen and oxygen atoms in total. The Balaban J connectivity index is 2.90. The number of aryl methyl sites for hydroxylation is 1. The van der Waals surface area contributed by atoms with Crippen molar-refractivity contribution in [3.05, 3.63) is 41.5 Å². The Morgan fingerprint density at radius 2 is 1.96 bits per heavy atom. The summed E-state index contributed by atoms with van der Waals surface area (Å²) in [5.74, 6) is 0.636. The van der Waals surface area contributed by atoms with Crippen molar-refractivity contribution in [1.82, 2.24) is 0 Å². The lowest BCUT2D eigenvalue weighted by Crippen LogP contribution is -2.10. The standard InChI is InChI=1S/C19H26O4/c1-6-10-23-19(21)9-8-17(20)16-12-15(13(3)4)18(22-7-2)11-14(16)5/h6,11-13H,1,7-10H2,2-5H3. The zero-order chi connectivity index (χ0) is 17.4. The molecule has 1 rings (SSSR count). The van der Waals surface area contributed by atoms with E-state index in [0.717, 1.165) is 16.9 Å². The Morgan fingerprint density at radius 3 is 2.52 bits per heavy atom. The van der Waals surface area contributed by atoms with Crippen molar-refractivity contribution in [2.75, 3.05) is 13.2 Å². The van der Waals surface area contributed by atoms with Crippen molar-refractivity contribution < 1.29 is 19.1 Å². The van der Waals surface area contributed by atoms with Crippen LogP contribution < -0.4 is 4.74 Å². The highest BCUT2D eigenvalue weighted by Crippen LogP contribution is 2.30. The van der Waals surface area contributed by atoms with E-state index in [1.807, 2.05) is 26.0 Å². The molecule has 0 saturated carbocycles. The van der Waals surface area contributed by atoms with Crippen molar-refractivity contribution in [3.8, 4) is 5.75 Å². The molecule has 4 heteroatoms. The lowest BCUT2D eigenvalue weighted by atomic mass is 9.93. The fraction of sp³-hybridized carbons (Fsp3) is 0.474. The van der Waals surface area contributed by atoms with Gasteiger partial charge in [0.15, 0.2) is 5.78 Å². The second kappa shape index (κ2) is 9.13. The summed E-state index contributed by atoms with van der Waals surface area (Å²) in [5.41, 5.74) is 2.52. The second-order valence-electron chi connectivity index (χ2n) is 5.69. The smallest absolute Gasteiger partial charge is 0.306 e. The van der Waals surface area contributed by atoms with Gasteiger partial charge in [0.2, 0.25) is 0 Å². The predicted molar refractivity (Wildman–Crippen MR) is 91.2 cm³/mol. The van der Waals surface area contributed by atoms with E-state index in [9.17, 15) is 9.59 Å². The number of ether oxygens (including phenoxy) is 2. The third-order valence-corrected chi connectivity index (χ3v) is 3.50. The quantitative estimate of drug-likeness (QED) is 0.389. The first-order chi connectivity index (χ1) is 10.9. The van der Waals surface area contributed by atoms with Gasteiger partial charge in [-0.3, -0.25) is 9.59 Å². The Morgan fingerprint density at radius 1 is 1.26 bits per heavy atom. The molecule has 0 amide bonds. The first-order valence-corrected chi connectivity index (χ1v) is 7.97. The molecule has 23 heavy (non-hydrogen) atoms. The number of hydrogen-bond acceptors (Lipinski definition) is 4. The minimum atomic E-state index is -0.383. The fourth-order valence-electron chi connectivity index (χ4n) is 2.30. The van der Waals surface area contributed by atoms with Gasteiger partial charge >= 0.3 is 5.97 Å². The van der Waals surface area contributed by atoms with E-state index in [2.05, 4.69) is 20.4 Å². The molecule has 0 bridgehead atoms. The van der Waals surface area contributed by atoms with E-state index >= 15 is 0 Å². The molecule has 0 atom stereocenters. The summed E-state index contributed by atoms with van der Waals surface area (Å²) in [6, 6.07) is 3.80. The van der Waals surface area contributed by atoms with Crippen molar-refractivity contribution >= 4 is 11.8 Å². The first-order valence-electron chi connectivity index (χ1n) is 7.97. The number of rotatable bonds is 9. The van der Waals surface area contributed by atoms with Gasteiger partial charge in [-0.1, -0.05) is 26.5 Å². The average molecular weight is 318 g/mol. The van der Waals surface area contributed by atoms with E-state index in [-0.39, 0.29) is 37.1 Å². The van der Waals surface area contributed by atoms with E-state index in [4.69, 9.17) is 9.47 Å². The minimum absolute atomic E-state index is 0.0528. The van der Waals surface area contributed by atoms with Crippen molar-refractivity contribution in [1.29, 1.82) is 0 Å². The van der Waals surface area contributed by atoms with Gasteiger partial charge < -0.3 is 9.47 Å². The molecular formula is C19H26O4. The molecule has 1 aromatic carbocycles. The summed E-state index contributed by atoms with van der Waals surface area (Å²) in [7, 11) is 0. The van der Waals surface area contributed by atoms with Crippen LogP contribution in [0.5, 0.6) is 5.75 Å². The van der Waals surface area contributed by atoms with Crippen molar-refractivity contribution in [2.45, 2.75) is 46.5 Å². The highest BCUT2D eigenvalue weighted by atomic mass is 16.5. The van der Waals surface area contributed by atoms with Crippen LogP contribution in [0.4, 0.5) is 0 Å². The molecule has 0 heterocycles. The zero-order valence-corrected chi connectivity index (χ0v) is 14.5. The third-order valence-electron chi connectivity index (χ3n) is 3.50. The maximum atomic E-state index is 12.4. The van der Waals surface area contributed by atoms with Crippen LogP contribution in [0.3, 0.4) is 0 Å². The summed E-state index contributed by atoms with van der Waals surface area (Å²) in [4.78, 5) is 23.9. The van der Waals surface area contributed by atoms with E-state index in [1.54, 1.807) is 0 Å². The molecule has 0 N–H and O–H groups in total. The number of ketones is 1. The zero-order valence-electron chi connectivity index (χ0n) is 14.5. The molecule has 0 aliphatic heterocycles. The summed E-state index contributed by atoms with van der Waals surface area (Å²) < 4.78 is 10.6. The van der Waals surface area contributed by atoms with Gasteiger partial charge in [0, 0.05) is 12.0 Å². The second-order valence-corrected chi connectivity index (χ2v) is 5.69. The fourth-order valence-corrected chi connectivity index (χ4v) is 2.30. The third kappa shape index (κ3) is 5.55. The monoisotopic (exact) mass is 318 g/mol. The highest BCUT2D eigenvalue weighted by Gasteiger charge is 2.17. The van der Waals surface area contributed by atoms with E-state index in [1.165, 1.54) is 6.08 Å². The molecule has 0 aromatic heterocycles. The number of carbonyl (C=O) groups is 2. The lowest BCUT2D eigenvalue weighted by molar-refractivity contribution is -0.142. The molecule has 0 aliphatic rings. The molecule has 0 spiro atoms. The van der Waals surface area contributed by atoms with Gasteiger partial charge in [-0.05, 0) is 43.0 Å². The van der Waals surface area contributed by atoms with Gasteiger partial charge in [0.25, 0.3) is 0 Å². The summed E-state index contributed by atoms with van der Waals surface area (Å²) in [5, 5.41) is 0. The van der Waals surface area contributed by atoms with Gasteiger partial charge in [0.05, 0.1) is 13.0 Å². The SMILES string of the molecule is C=CCOC(=O)CCC(=O)c1cc(C(C)C)c(OCC)cc1C. The molecule has 1 aromatic rings. The summed E-state index contributed by atoms with van der Waals surface area (Å²) in [6.07, 6.45) is 1.73. The molecule has 0 saturated heterocycles. The van der Waals surface area contributed by atoms with Crippen molar-refractivity contribution in [3.63, 3.8) is 0 Å². The van der Waals surface area contributed by atoms with Crippen LogP contribution in [-0.4, -0.2) is 25.0 Å². The lowest BCUT2D eigenvalue weighted by Gasteiger charge is -2.16. The van der Waals surface area contributed by atoms with Crippen LogP contribution in [0.1, 0.15) is 61.0 Å². The largest absolute Gasteiger partial charge is 0.494 e. The van der Waals surface area contributed by atoms with Gasteiger partial charge in [-0.15, -0.1) is 0 Å². The number of esters is 1. The van der Waals surface area contributed by atoms with Crippen LogP contribution in [0.25, 0.3) is 0 Å². The van der Waals surface area contributed by atoms with Crippen LogP contribution in [0.15, 0.2) is 24.8 Å². The predicted octanol–water partition coefficient (Wildman–Crippen LogP) is 4.21. The Hall–Kier alpha value is -2.10. The van der Waals surface area contributed by atoms with Crippen LogP contribution >= 0.6 is 0 Å². The van der Waals surface area contributed by atoms with Crippen LogP contribution in [-0.2, 0) is 9.53 Å². The topological polar surface area (TPSA) is 52.6 Å². The van der Waals surface area contributed by atoms with Crippen molar-refractivity contribution in [2.24, 2.45) is 0 Å². The number of carbonyl (C=O) groups excluding carboxylic acids is 2. The van der Waals surface area contributed by atoms with Crippen LogP contribution in [0, 0.1) is 6.92 Å². The normalized spacial score (nSPS) is 10.5. The summed E-state index contributed by atoms with van der Waals surface area (Å²) >= 11 is 0. The molecule has 126 valence electrons. The number of hydrogen-bond donors (Lipinski definition) is 0. The Kier molecular flexibility index (Phi) is 7.52. The molecule has 0 fully saturated rings. The maximum absolute atomic E-state index is 12.4. The summed E-state index contributed by atoms with van der Waals surface area (Å²) in [6.45, 7) is 12.2. The average Bonchev–Trinajstić information content (AvgIpc) is 2.50. The first kappa shape index (κ1) is 18.9. The number of benzene rings is 1.